The second-order valence-corrected chi connectivity index (χ2v) is 3.59. The fourth-order valence-electron chi connectivity index (χ4n) is 1.25. The van der Waals surface area contributed by atoms with Gasteiger partial charge in [-0.05, 0) is 32.4 Å². The molecule has 0 spiro atoms. The number of aryl methyl sites for hydroxylation is 1. The summed E-state index contributed by atoms with van der Waals surface area (Å²) in [6, 6.07) is 2.11. The molecule has 0 aliphatic rings. The number of anilines is 2. The van der Waals surface area contributed by atoms with E-state index in [4.69, 9.17) is 10.5 Å². The van der Waals surface area contributed by atoms with E-state index >= 15 is 0 Å². The molecule has 1 unspecified atom stereocenters. The lowest BCUT2D eigenvalue weighted by molar-refractivity contribution is 0.141. The zero-order valence-electron chi connectivity index (χ0n) is 9.58. The summed E-state index contributed by atoms with van der Waals surface area (Å²) in [5.41, 5.74) is 7.64. The average molecular weight is 209 g/mol. The predicted octanol–water partition coefficient (Wildman–Crippen LogP) is 1.81. The molecule has 0 bridgehead atoms. The third-order valence-electron chi connectivity index (χ3n) is 2.16. The first-order valence-corrected chi connectivity index (χ1v) is 5.20. The van der Waals surface area contributed by atoms with Crippen LogP contribution < -0.4 is 11.1 Å². The molecule has 4 nitrogen and oxygen atoms in total. The zero-order valence-corrected chi connectivity index (χ0v) is 9.58. The number of nitrogen functional groups attached to an aromatic ring is 1. The zero-order chi connectivity index (χ0) is 11.3. The highest BCUT2D eigenvalue weighted by Crippen LogP contribution is 2.19. The Labute approximate surface area is 90.8 Å². The minimum atomic E-state index is 0.210. The van der Waals surface area contributed by atoms with Crippen LogP contribution >= 0.6 is 0 Å². The lowest BCUT2D eigenvalue weighted by atomic mass is 10.2. The summed E-state index contributed by atoms with van der Waals surface area (Å²) in [7, 11) is 0. The average Bonchev–Trinajstić information content (AvgIpc) is 2.22. The maximum atomic E-state index is 5.89. The highest BCUT2D eigenvalue weighted by Gasteiger charge is 2.06. The van der Waals surface area contributed by atoms with Crippen molar-refractivity contribution < 1.29 is 4.74 Å². The van der Waals surface area contributed by atoms with Crippen LogP contribution in [0.1, 0.15) is 19.4 Å². The Morgan fingerprint density at radius 2 is 2.33 bits per heavy atom. The maximum absolute atomic E-state index is 5.89. The van der Waals surface area contributed by atoms with Crippen LogP contribution in [-0.2, 0) is 4.74 Å². The van der Waals surface area contributed by atoms with Gasteiger partial charge in [-0.25, -0.2) is 4.98 Å². The normalized spacial score (nSPS) is 12.5. The second kappa shape index (κ2) is 5.56. The first-order chi connectivity index (χ1) is 7.15. The molecule has 15 heavy (non-hydrogen) atoms. The van der Waals surface area contributed by atoms with Gasteiger partial charge in [0.25, 0.3) is 0 Å². The molecule has 1 heterocycles. The van der Waals surface area contributed by atoms with E-state index < -0.39 is 0 Å². The molecule has 1 atom stereocenters. The van der Waals surface area contributed by atoms with Gasteiger partial charge in [0, 0.05) is 18.8 Å². The van der Waals surface area contributed by atoms with Crippen molar-refractivity contribution in [2.45, 2.75) is 26.8 Å². The van der Waals surface area contributed by atoms with Crippen molar-refractivity contribution in [2.24, 2.45) is 0 Å². The van der Waals surface area contributed by atoms with Crippen LogP contribution in [0.5, 0.6) is 0 Å². The van der Waals surface area contributed by atoms with Crippen molar-refractivity contribution in [3.63, 3.8) is 0 Å². The Bertz CT molecular complexity index is 315. The monoisotopic (exact) mass is 209 g/mol. The van der Waals surface area contributed by atoms with Crippen molar-refractivity contribution in [3.05, 3.63) is 17.8 Å². The molecule has 0 aromatic carbocycles. The Morgan fingerprint density at radius 1 is 1.60 bits per heavy atom. The van der Waals surface area contributed by atoms with E-state index in [0.29, 0.717) is 12.3 Å². The molecule has 1 aromatic heterocycles. The number of aromatic nitrogens is 1. The summed E-state index contributed by atoms with van der Waals surface area (Å²) >= 11 is 0. The van der Waals surface area contributed by atoms with E-state index in [1.165, 1.54) is 0 Å². The minimum absolute atomic E-state index is 0.210. The van der Waals surface area contributed by atoms with Gasteiger partial charge in [-0.1, -0.05) is 0 Å². The SMILES string of the molecule is CCOCC(C)Nc1nccc(C)c1N. The number of nitrogens with zero attached hydrogens (tertiary/aromatic N) is 1. The van der Waals surface area contributed by atoms with E-state index in [1.54, 1.807) is 6.20 Å². The maximum Gasteiger partial charge on any atom is 0.149 e. The molecule has 0 aliphatic carbocycles. The van der Waals surface area contributed by atoms with Crippen LogP contribution in [0.15, 0.2) is 12.3 Å². The fraction of sp³-hybridized carbons (Fsp3) is 0.545. The van der Waals surface area contributed by atoms with E-state index in [0.717, 1.165) is 18.0 Å². The Kier molecular flexibility index (Phi) is 4.37. The van der Waals surface area contributed by atoms with E-state index in [1.807, 2.05) is 26.8 Å². The van der Waals surface area contributed by atoms with Crippen LogP contribution in [0.2, 0.25) is 0 Å². The third-order valence-corrected chi connectivity index (χ3v) is 2.16. The highest BCUT2D eigenvalue weighted by molar-refractivity contribution is 5.65. The van der Waals surface area contributed by atoms with Gasteiger partial charge in [0.1, 0.15) is 5.82 Å². The molecule has 4 heteroatoms. The van der Waals surface area contributed by atoms with Gasteiger partial charge < -0.3 is 15.8 Å². The van der Waals surface area contributed by atoms with Gasteiger partial charge in [-0.3, -0.25) is 0 Å². The first kappa shape index (κ1) is 11.8. The van der Waals surface area contributed by atoms with Crippen molar-refractivity contribution in [1.82, 2.24) is 4.98 Å². The predicted molar refractivity (Wildman–Crippen MR) is 63.0 cm³/mol. The number of nitrogens with two attached hydrogens (primary N) is 1. The summed E-state index contributed by atoms with van der Waals surface area (Å²) < 4.78 is 5.31. The van der Waals surface area contributed by atoms with Gasteiger partial charge in [0.2, 0.25) is 0 Å². The van der Waals surface area contributed by atoms with E-state index in [2.05, 4.69) is 10.3 Å². The molecular formula is C11H19N3O. The summed E-state index contributed by atoms with van der Waals surface area (Å²) in [5, 5.41) is 3.22. The Hall–Kier alpha value is -1.29. The number of pyridine rings is 1. The number of hydrogen-bond donors (Lipinski definition) is 2. The molecule has 3 N–H and O–H groups in total. The van der Waals surface area contributed by atoms with E-state index in [9.17, 15) is 0 Å². The summed E-state index contributed by atoms with van der Waals surface area (Å²) in [5.74, 6) is 0.738. The second-order valence-electron chi connectivity index (χ2n) is 3.59. The largest absolute Gasteiger partial charge is 0.396 e. The fourth-order valence-corrected chi connectivity index (χ4v) is 1.25. The standard InChI is InChI=1S/C11H19N3O/c1-4-15-7-9(3)14-11-10(12)8(2)5-6-13-11/h5-6,9H,4,7,12H2,1-3H3,(H,13,14). The molecule has 0 saturated heterocycles. The van der Waals surface area contributed by atoms with Crippen LogP contribution in [-0.4, -0.2) is 24.2 Å². The smallest absolute Gasteiger partial charge is 0.149 e. The lowest BCUT2D eigenvalue weighted by Crippen LogP contribution is -2.23. The van der Waals surface area contributed by atoms with Crippen LogP contribution in [0.3, 0.4) is 0 Å². The van der Waals surface area contributed by atoms with Gasteiger partial charge in [0.15, 0.2) is 0 Å². The summed E-state index contributed by atoms with van der Waals surface area (Å²) in [6.45, 7) is 7.37. The lowest BCUT2D eigenvalue weighted by Gasteiger charge is -2.16. The molecule has 0 fully saturated rings. The Balaban J connectivity index is 2.60. The molecule has 1 aromatic rings. The van der Waals surface area contributed by atoms with Gasteiger partial charge in [-0.2, -0.15) is 0 Å². The topological polar surface area (TPSA) is 60.2 Å². The highest BCUT2D eigenvalue weighted by atomic mass is 16.5. The molecule has 0 aliphatic heterocycles. The van der Waals surface area contributed by atoms with Crippen molar-refractivity contribution >= 4 is 11.5 Å². The molecule has 0 amide bonds. The summed E-state index contributed by atoms with van der Waals surface area (Å²) in [4.78, 5) is 4.20. The molecule has 84 valence electrons. The first-order valence-electron chi connectivity index (χ1n) is 5.20. The third kappa shape index (κ3) is 3.40. The van der Waals surface area contributed by atoms with Gasteiger partial charge in [0.05, 0.1) is 12.3 Å². The Morgan fingerprint density at radius 3 is 3.00 bits per heavy atom. The van der Waals surface area contributed by atoms with Crippen LogP contribution in [0.4, 0.5) is 11.5 Å². The summed E-state index contributed by atoms with van der Waals surface area (Å²) in [6.07, 6.45) is 1.75. The number of ether oxygens (including phenoxy) is 1. The van der Waals surface area contributed by atoms with Gasteiger partial charge in [-0.15, -0.1) is 0 Å². The number of nitrogens with one attached hydrogen (secondary N) is 1. The molecule has 0 saturated carbocycles. The molecule has 1 rings (SSSR count). The van der Waals surface area contributed by atoms with Gasteiger partial charge >= 0.3 is 0 Å². The van der Waals surface area contributed by atoms with Crippen molar-refractivity contribution in [1.29, 1.82) is 0 Å². The minimum Gasteiger partial charge on any atom is -0.396 e. The van der Waals surface area contributed by atoms with E-state index in [-0.39, 0.29) is 6.04 Å². The number of rotatable bonds is 5. The quantitative estimate of drug-likeness (QED) is 0.776. The van der Waals surface area contributed by atoms with Crippen LogP contribution in [0.25, 0.3) is 0 Å². The van der Waals surface area contributed by atoms with Crippen molar-refractivity contribution in [2.75, 3.05) is 24.3 Å². The van der Waals surface area contributed by atoms with Crippen molar-refractivity contribution in [3.8, 4) is 0 Å². The molecule has 0 radical (unpaired) electrons. The van der Waals surface area contributed by atoms with Crippen LogP contribution in [0, 0.1) is 6.92 Å². The number of hydrogen-bond acceptors (Lipinski definition) is 4. The molecular weight excluding hydrogens is 190 g/mol.